The average molecular weight is 489 g/mol. The molecule has 0 spiro atoms. The van der Waals surface area contributed by atoms with Crippen molar-refractivity contribution >= 4 is 39.7 Å². The summed E-state index contributed by atoms with van der Waals surface area (Å²) < 4.78 is 2.22. The molecule has 2 aromatic heterocycles. The van der Waals surface area contributed by atoms with Crippen molar-refractivity contribution in [2.24, 2.45) is 0 Å². The summed E-state index contributed by atoms with van der Waals surface area (Å²) in [5, 5.41) is 13.7. The van der Waals surface area contributed by atoms with Gasteiger partial charge in [-0.05, 0) is 50.9 Å². The third kappa shape index (κ3) is 5.82. The Morgan fingerprint density at radius 2 is 1.86 bits per heavy atom. The first kappa shape index (κ1) is 23.8. The SMILES string of the molecule is Cc1ccc(Cn2c3ccccc3c3nnc(SCCCC(=O)NCCN4CCCC4)nc32)cc1. The first-order valence-corrected chi connectivity index (χ1v) is 13.4. The van der Waals surface area contributed by atoms with Crippen LogP contribution in [0.3, 0.4) is 0 Å². The smallest absolute Gasteiger partial charge is 0.220 e. The number of hydrogen-bond donors (Lipinski definition) is 1. The zero-order chi connectivity index (χ0) is 24.0. The first-order chi connectivity index (χ1) is 17.2. The van der Waals surface area contributed by atoms with Crippen LogP contribution in [0.25, 0.3) is 22.1 Å². The molecule has 0 bridgehead atoms. The number of thioether (sulfide) groups is 1. The van der Waals surface area contributed by atoms with Crippen molar-refractivity contribution in [1.82, 2.24) is 30.0 Å². The molecule has 1 aliphatic rings. The summed E-state index contributed by atoms with van der Waals surface area (Å²) in [6, 6.07) is 16.9. The number of carbonyl (C=O) groups is 1. The highest BCUT2D eigenvalue weighted by molar-refractivity contribution is 7.99. The van der Waals surface area contributed by atoms with Gasteiger partial charge in [0.15, 0.2) is 5.65 Å². The fourth-order valence-corrected chi connectivity index (χ4v) is 5.35. The molecule has 0 saturated carbocycles. The summed E-state index contributed by atoms with van der Waals surface area (Å²) >= 11 is 1.56. The zero-order valence-corrected chi connectivity index (χ0v) is 21.1. The molecule has 1 saturated heterocycles. The van der Waals surface area contributed by atoms with Gasteiger partial charge in [-0.15, -0.1) is 10.2 Å². The molecule has 5 rings (SSSR count). The molecule has 7 nitrogen and oxygen atoms in total. The number of hydrogen-bond acceptors (Lipinski definition) is 6. The van der Waals surface area contributed by atoms with Gasteiger partial charge in [-0.1, -0.05) is 59.8 Å². The van der Waals surface area contributed by atoms with Crippen LogP contribution >= 0.6 is 11.8 Å². The van der Waals surface area contributed by atoms with Crippen LogP contribution in [-0.2, 0) is 11.3 Å². The van der Waals surface area contributed by atoms with E-state index in [1.807, 2.05) is 12.1 Å². The van der Waals surface area contributed by atoms with Crippen molar-refractivity contribution in [2.75, 3.05) is 31.9 Å². The molecule has 0 radical (unpaired) electrons. The normalized spacial score (nSPS) is 14.2. The number of nitrogens with zero attached hydrogens (tertiary/aromatic N) is 5. The molecule has 1 N–H and O–H groups in total. The highest BCUT2D eigenvalue weighted by atomic mass is 32.2. The topological polar surface area (TPSA) is 75.9 Å². The van der Waals surface area contributed by atoms with Crippen molar-refractivity contribution in [1.29, 1.82) is 0 Å². The van der Waals surface area contributed by atoms with E-state index in [0.717, 1.165) is 67.0 Å². The lowest BCUT2D eigenvalue weighted by atomic mass is 10.1. The second-order valence-electron chi connectivity index (χ2n) is 9.21. The van der Waals surface area contributed by atoms with E-state index >= 15 is 0 Å². The number of aryl methyl sites for hydroxylation is 1. The molecule has 3 heterocycles. The van der Waals surface area contributed by atoms with Gasteiger partial charge in [0, 0.05) is 37.2 Å². The Bertz CT molecular complexity index is 1300. The largest absolute Gasteiger partial charge is 0.355 e. The van der Waals surface area contributed by atoms with Crippen LogP contribution in [0.15, 0.2) is 53.7 Å². The van der Waals surface area contributed by atoms with Crippen LogP contribution in [0, 0.1) is 6.92 Å². The summed E-state index contributed by atoms with van der Waals surface area (Å²) in [6.45, 7) is 6.84. The molecule has 0 atom stereocenters. The Kier molecular flexibility index (Phi) is 7.59. The summed E-state index contributed by atoms with van der Waals surface area (Å²) in [7, 11) is 0. The molecule has 1 aliphatic heterocycles. The van der Waals surface area contributed by atoms with Crippen molar-refractivity contribution in [3.63, 3.8) is 0 Å². The Morgan fingerprint density at radius 3 is 2.69 bits per heavy atom. The van der Waals surface area contributed by atoms with E-state index in [-0.39, 0.29) is 5.91 Å². The number of carbonyl (C=O) groups excluding carboxylic acids is 1. The Balaban J connectivity index is 1.22. The van der Waals surface area contributed by atoms with Gasteiger partial charge >= 0.3 is 0 Å². The first-order valence-electron chi connectivity index (χ1n) is 12.5. The summed E-state index contributed by atoms with van der Waals surface area (Å²) in [5.41, 5.74) is 5.26. The van der Waals surface area contributed by atoms with Crippen LogP contribution in [0.5, 0.6) is 0 Å². The van der Waals surface area contributed by atoms with Crippen molar-refractivity contribution in [2.45, 2.75) is 44.3 Å². The van der Waals surface area contributed by atoms with Crippen LogP contribution < -0.4 is 5.32 Å². The van der Waals surface area contributed by atoms with E-state index < -0.39 is 0 Å². The highest BCUT2D eigenvalue weighted by Gasteiger charge is 2.15. The third-order valence-corrected chi connectivity index (χ3v) is 7.47. The fraction of sp³-hybridized carbons (Fsp3) is 0.407. The van der Waals surface area contributed by atoms with Crippen LogP contribution in [0.4, 0.5) is 0 Å². The number of aromatic nitrogens is 4. The minimum atomic E-state index is 0.123. The van der Waals surface area contributed by atoms with E-state index in [4.69, 9.17) is 4.98 Å². The van der Waals surface area contributed by atoms with Crippen molar-refractivity contribution in [3.8, 4) is 0 Å². The summed E-state index contributed by atoms with van der Waals surface area (Å²) in [6.07, 6.45) is 3.87. The zero-order valence-electron chi connectivity index (χ0n) is 20.2. The van der Waals surface area contributed by atoms with E-state index in [0.29, 0.717) is 11.6 Å². The molecule has 1 fully saturated rings. The van der Waals surface area contributed by atoms with Gasteiger partial charge in [0.1, 0.15) is 5.52 Å². The fourth-order valence-electron chi connectivity index (χ4n) is 4.63. The highest BCUT2D eigenvalue weighted by Crippen LogP contribution is 2.28. The Morgan fingerprint density at radius 1 is 1.06 bits per heavy atom. The maximum Gasteiger partial charge on any atom is 0.220 e. The summed E-state index contributed by atoms with van der Waals surface area (Å²) in [5.74, 6) is 0.905. The maximum atomic E-state index is 12.2. The number of fused-ring (bicyclic) bond motifs is 3. The van der Waals surface area contributed by atoms with Gasteiger partial charge in [0.25, 0.3) is 0 Å². The van der Waals surface area contributed by atoms with Gasteiger partial charge < -0.3 is 14.8 Å². The second-order valence-corrected chi connectivity index (χ2v) is 10.3. The Hall–Kier alpha value is -2.97. The molecule has 0 unspecified atom stereocenters. The molecular formula is C27H32N6OS. The number of nitrogens with one attached hydrogen (secondary N) is 1. The Labute approximate surface area is 210 Å². The van der Waals surface area contributed by atoms with Gasteiger partial charge in [-0.2, -0.15) is 0 Å². The van der Waals surface area contributed by atoms with Crippen LogP contribution in [0.2, 0.25) is 0 Å². The van der Waals surface area contributed by atoms with E-state index in [1.54, 1.807) is 11.8 Å². The predicted molar refractivity (Wildman–Crippen MR) is 142 cm³/mol. The van der Waals surface area contributed by atoms with Gasteiger partial charge in [0.2, 0.25) is 11.1 Å². The van der Waals surface area contributed by atoms with Crippen LogP contribution in [-0.4, -0.2) is 62.5 Å². The van der Waals surface area contributed by atoms with Gasteiger partial charge in [-0.3, -0.25) is 4.79 Å². The summed E-state index contributed by atoms with van der Waals surface area (Å²) in [4.78, 5) is 19.4. The monoisotopic (exact) mass is 488 g/mol. The van der Waals surface area contributed by atoms with E-state index in [9.17, 15) is 4.79 Å². The molecule has 8 heteroatoms. The maximum absolute atomic E-state index is 12.2. The number of amides is 1. The second kappa shape index (κ2) is 11.2. The molecule has 182 valence electrons. The van der Waals surface area contributed by atoms with Crippen molar-refractivity contribution in [3.05, 3.63) is 59.7 Å². The van der Waals surface area contributed by atoms with E-state index in [1.165, 1.54) is 24.0 Å². The molecule has 2 aromatic carbocycles. The van der Waals surface area contributed by atoms with Gasteiger partial charge in [-0.25, -0.2) is 4.98 Å². The minimum Gasteiger partial charge on any atom is -0.355 e. The standard InChI is InChI=1S/C27H32N6OS/c1-20-10-12-21(13-11-20)19-33-23-8-3-2-7-22(23)25-26(33)29-27(31-30-25)35-18-6-9-24(34)28-14-17-32-15-4-5-16-32/h2-3,7-8,10-13H,4-6,9,14-19H2,1H3,(H,28,34). The van der Waals surface area contributed by atoms with Crippen LogP contribution in [0.1, 0.15) is 36.8 Å². The lowest BCUT2D eigenvalue weighted by Gasteiger charge is -2.14. The molecule has 4 aromatic rings. The molecule has 1 amide bonds. The number of likely N-dealkylation sites (tertiary alicyclic amines) is 1. The number of benzene rings is 2. The van der Waals surface area contributed by atoms with Crippen molar-refractivity contribution < 1.29 is 4.79 Å². The quantitative estimate of drug-likeness (QED) is 0.263. The molecule has 0 aliphatic carbocycles. The molecule has 35 heavy (non-hydrogen) atoms. The number of para-hydroxylation sites is 1. The average Bonchev–Trinajstić information content (AvgIpc) is 3.50. The predicted octanol–water partition coefficient (Wildman–Crippen LogP) is 4.42. The lowest BCUT2D eigenvalue weighted by molar-refractivity contribution is -0.121. The number of rotatable bonds is 10. The lowest BCUT2D eigenvalue weighted by Crippen LogP contribution is -2.33. The van der Waals surface area contributed by atoms with E-state index in [2.05, 4.69) is 68.3 Å². The minimum absolute atomic E-state index is 0.123. The molecular weight excluding hydrogens is 456 g/mol. The van der Waals surface area contributed by atoms with Gasteiger partial charge in [0.05, 0.1) is 5.52 Å². The third-order valence-electron chi connectivity index (χ3n) is 6.54.